The lowest BCUT2D eigenvalue weighted by molar-refractivity contribution is -0.107. The number of carbonyl (C=O) groups excluding carboxylic acids is 1. The van der Waals surface area contributed by atoms with Gasteiger partial charge in [0.15, 0.2) is 0 Å². The van der Waals surface area contributed by atoms with E-state index < -0.39 is 0 Å². The number of halogens is 2. The van der Waals surface area contributed by atoms with Gasteiger partial charge in [0.1, 0.15) is 6.29 Å². The van der Waals surface area contributed by atoms with Gasteiger partial charge in [0.25, 0.3) is 0 Å². The normalized spacial score (nSPS) is 10.7. The summed E-state index contributed by atoms with van der Waals surface area (Å²) >= 11 is 11.6. The molecule has 0 unspecified atom stereocenters. The van der Waals surface area contributed by atoms with Crippen molar-refractivity contribution in [3.8, 4) is 0 Å². The Morgan fingerprint density at radius 1 is 1.29 bits per heavy atom. The minimum absolute atomic E-state index is 0.375. The molecule has 0 fully saturated rings. The molecule has 14 heavy (non-hydrogen) atoms. The molecular weight excluding hydrogens is 221 g/mol. The molecule has 2 nitrogen and oxygen atoms in total. The smallest absolute Gasteiger partial charge is 0.123 e. The lowest BCUT2D eigenvalue weighted by Gasteiger charge is -2.02. The number of hydrogen-bond donors (Lipinski definition) is 1. The van der Waals surface area contributed by atoms with Crippen LogP contribution in [0.5, 0.6) is 0 Å². The van der Waals surface area contributed by atoms with Gasteiger partial charge < -0.3 is 10.5 Å². The molecule has 0 aromatic heterocycles. The number of carbonyl (C=O) groups is 1. The predicted molar refractivity (Wildman–Crippen MR) is 60.6 cm³/mol. The maximum Gasteiger partial charge on any atom is 0.123 e. The second-order valence-electron chi connectivity index (χ2n) is 2.70. The first-order valence-electron chi connectivity index (χ1n) is 4.00. The fourth-order valence-corrected chi connectivity index (χ4v) is 1.46. The topological polar surface area (TPSA) is 43.1 Å². The molecule has 0 amide bonds. The van der Waals surface area contributed by atoms with E-state index in [1.54, 1.807) is 24.3 Å². The number of benzene rings is 1. The molecule has 74 valence electrons. The highest BCUT2D eigenvalue weighted by Crippen LogP contribution is 2.29. The standard InChI is InChI=1S/C10H9Cl2NO/c11-8-5-7(3-1-2-4-14)6-9(12)10(8)13/h1,3-6H,2,13H2. The third kappa shape index (κ3) is 2.76. The van der Waals surface area contributed by atoms with Gasteiger partial charge in [0.2, 0.25) is 0 Å². The van der Waals surface area contributed by atoms with Crippen molar-refractivity contribution in [2.75, 3.05) is 5.73 Å². The Balaban J connectivity index is 2.95. The molecule has 0 saturated heterocycles. The van der Waals surface area contributed by atoms with E-state index in [1.807, 2.05) is 0 Å². The molecule has 2 N–H and O–H groups in total. The third-order valence-electron chi connectivity index (χ3n) is 1.64. The number of hydrogen-bond acceptors (Lipinski definition) is 2. The third-order valence-corrected chi connectivity index (χ3v) is 2.27. The van der Waals surface area contributed by atoms with Crippen LogP contribution in [0.4, 0.5) is 5.69 Å². The van der Waals surface area contributed by atoms with Crippen LogP contribution < -0.4 is 5.73 Å². The Kier molecular flexibility index (Phi) is 3.98. The van der Waals surface area contributed by atoms with Gasteiger partial charge in [-0.3, -0.25) is 0 Å². The monoisotopic (exact) mass is 229 g/mol. The molecule has 0 aliphatic rings. The fraction of sp³-hybridized carbons (Fsp3) is 0.100. The highest BCUT2D eigenvalue weighted by Gasteiger charge is 2.02. The molecule has 0 atom stereocenters. The van der Waals surface area contributed by atoms with E-state index in [1.165, 1.54) is 0 Å². The number of nitrogen functional groups attached to an aromatic ring is 1. The van der Waals surface area contributed by atoms with E-state index >= 15 is 0 Å². The van der Waals surface area contributed by atoms with E-state index in [4.69, 9.17) is 28.9 Å². The summed E-state index contributed by atoms with van der Waals surface area (Å²) < 4.78 is 0. The second-order valence-corrected chi connectivity index (χ2v) is 3.52. The first-order valence-corrected chi connectivity index (χ1v) is 4.75. The van der Waals surface area contributed by atoms with Crippen molar-refractivity contribution in [2.24, 2.45) is 0 Å². The minimum atomic E-state index is 0.375. The molecule has 0 radical (unpaired) electrons. The maximum atomic E-state index is 10.1. The SMILES string of the molecule is Nc1c(Cl)cc(C=CCC=O)cc1Cl. The molecule has 1 aromatic carbocycles. The highest BCUT2D eigenvalue weighted by molar-refractivity contribution is 6.39. The predicted octanol–water partition coefficient (Wildman–Crippen LogP) is 3.18. The summed E-state index contributed by atoms with van der Waals surface area (Å²) in [6.45, 7) is 0. The number of aldehydes is 1. The van der Waals surface area contributed by atoms with Gasteiger partial charge in [0, 0.05) is 6.42 Å². The zero-order valence-electron chi connectivity index (χ0n) is 7.34. The largest absolute Gasteiger partial charge is 0.396 e. The van der Waals surface area contributed by atoms with Gasteiger partial charge in [-0.1, -0.05) is 35.4 Å². The molecule has 0 bridgehead atoms. The van der Waals surface area contributed by atoms with Crippen molar-refractivity contribution in [1.82, 2.24) is 0 Å². The van der Waals surface area contributed by atoms with Crippen LogP contribution in [0, 0.1) is 0 Å². The summed E-state index contributed by atoms with van der Waals surface area (Å²) in [5, 5.41) is 0.839. The average Bonchev–Trinajstić information content (AvgIpc) is 2.14. The summed E-state index contributed by atoms with van der Waals surface area (Å²) in [7, 11) is 0. The second kappa shape index (κ2) is 5.03. The van der Waals surface area contributed by atoms with Gasteiger partial charge in [-0.25, -0.2) is 0 Å². The van der Waals surface area contributed by atoms with Crippen LogP contribution in [0.1, 0.15) is 12.0 Å². The van der Waals surface area contributed by atoms with Crippen molar-refractivity contribution < 1.29 is 4.79 Å². The molecule has 0 aliphatic heterocycles. The van der Waals surface area contributed by atoms with Crippen molar-refractivity contribution in [3.05, 3.63) is 33.8 Å². The lowest BCUT2D eigenvalue weighted by atomic mass is 10.2. The zero-order chi connectivity index (χ0) is 10.6. The fourth-order valence-electron chi connectivity index (χ4n) is 0.960. The van der Waals surface area contributed by atoms with Crippen LogP contribution >= 0.6 is 23.2 Å². The lowest BCUT2D eigenvalue weighted by Crippen LogP contribution is -1.88. The van der Waals surface area contributed by atoms with Crippen molar-refractivity contribution in [2.45, 2.75) is 6.42 Å². The molecule has 1 aromatic rings. The van der Waals surface area contributed by atoms with E-state index in [0.29, 0.717) is 22.2 Å². The average molecular weight is 230 g/mol. The van der Waals surface area contributed by atoms with Crippen LogP contribution in [0.3, 0.4) is 0 Å². The number of anilines is 1. The minimum Gasteiger partial charge on any atom is -0.396 e. The Morgan fingerprint density at radius 3 is 2.36 bits per heavy atom. The molecule has 4 heteroatoms. The van der Waals surface area contributed by atoms with Gasteiger partial charge in [0.05, 0.1) is 15.7 Å². The summed E-state index contributed by atoms with van der Waals surface area (Å²) in [6, 6.07) is 3.40. The van der Waals surface area contributed by atoms with Crippen LogP contribution in [0.2, 0.25) is 10.0 Å². The van der Waals surface area contributed by atoms with Crippen LogP contribution in [0.15, 0.2) is 18.2 Å². The molecule has 0 saturated carbocycles. The first-order chi connectivity index (χ1) is 6.65. The van der Waals surface area contributed by atoms with Gasteiger partial charge in [-0.05, 0) is 17.7 Å². The Bertz CT molecular complexity index is 351. The Hall–Kier alpha value is -0.990. The summed E-state index contributed by atoms with van der Waals surface area (Å²) in [5.41, 5.74) is 6.77. The number of allylic oxidation sites excluding steroid dienone is 1. The maximum absolute atomic E-state index is 10.1. The Morgan fingerprint density at radius 2 is 1.86 bits per heavy atom. The molecular formula is C10H9Cl2NO. The van der Waals surface area contributed by atoms with Crippen LogP contribution in [-0.2, 0) is 4.79 Å². The van der Waals surface area contributed by atoms with Gasteiger partial charge >= 0.3 is 0 Å². The molecule has 1 rings (SSSR count). The van der Waals surface area contributed by atoms with E-state index in [9.17, 15) is 4.79 Å². The van der Waals surface area contributed by atoms with Crippen LogP contribution in [0.25, 0.3) is 6.08 Å². The van der Waals surface area contributed by atoms with Crippen molar-refractivity contribution in [3.63, 3.8) is 0 Å². The number of nitrogens with two attached hydrogens (primary N) is 1. The van der Waals surface area contributed by atoms with E-state index in [-0.39, 0.29) is 0 Å². The van der Waals surface area contributed by atoms with Crippen LogP contribution in [-0.4, -0.2) is 6.29 Å². The Labute approximate surface area is 92.3 Å². The molecule has 0 aliphatic carbocycles. The van der Waals surface area contributed by atoms with Gasteiger partial charge in [-0.2, -0.15) is 0 Å². The zero-order valence-corrected chi connectivity index (χ0v) is 8.85. The molecule has 0 heterocycles. The number of rotatable bonds is 3. The first kappa shape index (κ1) is 11.1. The quantitative estimate of drug-likeness (QED) is 0.640. The van der Waals surface area contributed by atoms with E-state index in [2.05, 4.69) is 0 Å². The summed E-state index contributed by atoms with van der Waals surface area (Å²) in [6.07, 6.45) is 4.69. The van der Waals surface area contributed by atoms with Crippen molar-refractivity contribution in [1.29, 1.82) is 0 Å². The summed E-state index contributed by atoms with van der Waals surface area (Å²) in [4.78, 5) is 10.1. The van der Waals surface area contributed by atoms with Gasteiger partial charge in [-0.15, -0.1) is 0 Å². The summed E-state index contributed by atoms with van der Waals surface area (Å²) in [5.74, 6) is 0. The van der Waals surface area contributed by atoms with E-state index in [0.717, 1.165) is 11.8 Å². The molecule has 0 spiro atoms. The van der Waals surface area contributed by atoms with Crippen molar-refractivity contribution >= 4 is 41.3 Å². The highest BCUT2D eigenvalue weighted by atomic mass is 35.5.